The Labute approximate surface area is 222 Å². The average Bonchev–Trinajstić information content (AvgIpc) is 3.22. The third kappa shape index (κ3) is 3.89. The Bertz CT molecular complexity index is 1370. The molecule has 0 radical (unpaired) electrons. The van der Waals surface area contributed by atoms with Gasteiger partial charge in [-0.1, -0.05) is 54.6 Å². The van der Waals surface area contributed by atoms with Crippen molar-refractivity contribution in [2.24, 2.45) is 0 Å². The predicted octanol–water partition coefficient (Wildman–Crippen LogP) is 4.15. The molecule has 0 atom stereocenters. The van der Waals surface area contributed by atoms with Crippen LogP contribution in [0.25, 0.3) is 10.8 Å². The Hall–Kier alpha value is -3.97. The van der Waals surface area contributed by atoms with E-state index in [1.807, 2.05) is 78.6 Å². The van der Waals surface area contributed by atoms with Gasteiger partial charge in [-0.05, 0) is 49.4 Å². The van der Waals surface area contributed by atoms with Crippen LogP contribution in [0.3, 0.4) is 0 Å². The fourth-order valence-electron chi connectivity index (χ4n) is 6.25. The minimum absolute atomic E-state index is 0.185. The van der Waals surface area contributed by atoms with Gasteiger partial charge in [0.05, 0.1) is 6.67 Å². The van der Waals surface area contributed by atoms with Crippen molar-refractivity contribution in [1.82, 2.24) is 14.7 Å². The van der Waals surface area contributed by atoms with Gasteiger partial charge in [-0.2, -0.15) is 0 Å². The molecule has 0 saturated carbocycles. The second-order valence-corrected chi connectivity index (χ2v) is 10.3. The molecule has 3 aliphatic heterocycles. The third-order valence-electron chi connectivity index (χ3n) is 8.32. The molecule has 3 aliphatic rings. The highest BCUT2D eigenvalue weighted by molar-refractivity contribution is 6.25. The second kappa shape index (κ2) is 9.72. The number of rotatable bonds is 6. The number of benzene rings is 3. The highest BCUT2D eigenvalue weighted by atomic mass is 16.2. The first-order valence-electron chi connectivity index (χ1n) is 13.4. The standard InChI is InChI=1S/C31H32N4O3/c1-2-3-17-33-22-35(24-11-5-4-6-12-24)31(30(33)38)15-18-32(19-16-31)20-21-34-28(36)25-13-7-9-23-10-8-14-26(27(23)25)29(34)37/h2-14H,15-22H2,1H3. The number of para-hydroxylation sites is 1. The minimum Gasteiger partial charge on any atom is -0.339 e. The zero-order chi connectivity index (χ0) is 26.3. The molecule has 0 aliphatic carbocycles. The van der Waals surface area contributed by atoms with E-state index in [0.29, 0.717) is 50.3 Å². The SMILES string of the molecule is CC=CCN1CN(c2ccccc2)C2(CCN(CCN3C(=O)c4cccc5cccc(c45)C3=O)CC2)C1=O. The number of carbonyl (C=O) groups is 3. The van der Waals surface area contributed by atoms with Crippen LogP contribution >= 0.6 is 0 Å². The zero-order valence-corrected chi connectivity index (χ0v) is 21.7. The highest BCUT2D eigenvalue weighted by Crippen LogP contribution is 2.39. The molecule has 2 fully saturated rings. The van der Waals surface area contributed by atoms with E-state index >= 15 is 0 Å². The van der Waals surface area contributed by atoms with Crippen LogP contribution in [-0.2, 0) is 4.79 Å². The molecule has 7 heteroatoms. The number of allylic oxidation sites excluding steroid dienone is 1. The van der Waals surface area contributed by atoms with Crippen LogP contribution in [0.4, 0.5) is 5.69 Å². The number of amides is 3. The fraction of sp³-hybridized carbons (Fsp3) is 0.323. The molecule has 38 heavy (non-hydrogen) atoms. The molecule has 6 rings (SSSR count). The van der Waals surface area contributed by atoms with E-state index < -0.39 is 5.54 Å². The van der Waals surface area contributed by atoms with Crippen molar-refractivity contribution in [1.29, 1.82) is 0 Å². The largest absolute Gasteiger partial charge is 0.339 e. The summed E-state index contributed by atoms with van der Waals surface area (Å²) >= 11 is 0. The van der Waals surface area contributed by atoms with Gasteiger partial charge in [0.1, 0.15) is 5.54 Å². The molecule has 0 N–H and O–H groups in total. The lowest BCUT2D eigenvalue weighted by Gasteiger charge is -2.43. The van der Waals surface area contributed by atoms with Crippen LogP contribution in [0.5, 0.6) is 0 Å². The summed E-state index contributed by atoms with van der Waals surface area (Å²) in [6.07, 6.45) is 5.42. The van der Waals surface area contributed by atoms with Crippen LogP contribution in [0.2, 0.25) is 0 Å². The maximum absolute atomic E-state index is 13.7. The molecule has 0 bridgehead atoms. The maximum Gasteiger partial charge on any atom is 0.261 e. The van der Waals surface area contributed by atoms with Gasteiger partial charge < -0.3 is 14.7 Å². The van der Waals surface area contributed by atoms with E-state index in [0.717, 1.165) is 29.5 Å². The van der Waals surface area contributed by atoms with E-state index in [4.69, 9.17) is 0 Å². The van der Waals surface area contributed by atoms with Crippen molar-refractivity contribution in [2.75, 3.05) is 44.3 Å². The fourth-order valence-corrected chi connectivity index (χ4v) is 6.25. The molecule has 194 valence electrons. The Kier molecular flexibility index (Phi) is 6.24. The minimum atomic E-state index is -0.565. The molecule has 0 unspecified atom stereocenters. The number of imide groups is 1. The van der Waals surface area contributed by atoms with Crippen molar-refractivity contribution >= 4 is 34.2 Å². The molecule has 3 amide bonds. The van der Waals surface area contributed by atoms with E-state index in [-0.39, 0.29) is 17.7 Å². The summed E-state index contributed by atoms with van der Waals surface area (Å²) in [6, 6.07) is 21.4. The maximum atomic E-state index is 13.7. The van der Waals surface area contributed by atoms with Crippen LogP contribution in [0, 0.1) is 0 Å². The van der Waals surface area contributed by atoms with Gasteiger partial charge in [0.25, 0.3) is 11.8 Å². The van der Waals surface area contributed by atoms with Crippen molar-refractivity contribution in [2.45, 2.75) is 25.3 Å². The quantitative estimate of drug-likeness (QED) is 0.370. The number of anilines is 1. The molecule has 1 spiro atoms. The molecule has 3 aromatic rings. The Morgan fingerprint density at radius 3 is 2.11 bits per heavy atom. The average molecular weight is 509 g/mol. The van der Waals surface area contributed by atoms with Gasteiger partial charge in [0.2, 0.25) is 5.91 Å². The third-order valence-corrected chi connectivity index (χ3v) is 8.32. The first-order chi connectivity index (χ1) is 18.5. The molecule has 7 nitrogen and oxygen atoms in total. The van der Waals surface area contributed by atoms with Gasteiger partial charge in [-0.15, -0.1) is 0 Å². The van der Waals surface area contributed by atoms with E-state index in [1.54, 1.807) is 0 Å². The van der Waals surface area contributed by atoms with Crippen molar-refractivity contribution in [3.63, 3.8) is 0 Å². The number of carbonyl (C=O) groups excluding carboxylic acids is 3. The number of piperidine rings is 1. The van der Waals surface area contributed by atoms with Gasteiger partial charge in [0.15, 0.2) is 0 Å². The summed E-state index contributed by atoms with van der Waals surface area (Å²) in [5.74, 6) is -0.271. The van der Waals surface area contributed by atoms with E-state index in [1.165, 1.54) is 4.90 Å². The van der Waals surface area contributed by atoms with Crippen molar-refractivity contribution in [3.8, 4) is 0 Å². The highest BCUT2D eigenvalue weighted by Gasteiger charge is 2.53. The van der Waals surface area contributed by atoms with E-state index in [2.05, 4.69) is 21.9 Å². The summed E-state index contributed by atoms with van der Waals surface area (Å²) in [5, 5.41) is 1.67. The normalized spacial score (nSPS) is 19.5. The predicted molar refractivity (Wildman–Crippen MR) is 148 cm³/mol. The van der Waals surface area contributed by atoms with Crippen molar-refractivity contribution in [3.05, 3.63) is 90.0 Å². The van der Waals surface area contributed by atoms with Gasteiger partial charge >= 0.3 is 0 Å². The van der Waals surface area contributed by atoms with Crippen LogP contribution in [-0.4, -0.2) is 77.4 Å². The second-order valence-electron chi connectivity index (χ2n) is 10.3. The lowest BCUT2D eigenvalue weighted by atomic mass is 9.85. The van der Waals surface area contributed by atoms with Gasteiger partial charge in [0, 0.05) is 54.9 Å². The Balaban J connectivity index is 1.16. The van der Waals surface area contributed by atoms with Crippen LogP contribution < -0.4 is 4.90 Å². The lowest BCUT2D eigenvalue weighted by molar-refractivity contribution is -0.133. The first-order valence-corrected chi connectivity index (χ1v) is 13.4. The molecular formula is C31H32N4O3. The number of likely N-dealkylation sites (tertiary alicyclic amines) is 1. The van der Waals surface area contributed by atoms with Crippen LogP contribution in [0.1, 0.15) is 40.5 Å². The monoisotopic (exact) mass is 508 g/mol. The summed E-state index contributed by atoms with van der Waals surface area (Å²) < 4.78 is 0. The van der Waals surface area contributed by atoms with E-state index in [9.17, 15) is 14.4 Å². The summed E-state index contributed by atoms with van der Waals surface area (Å²) in [7, 11) is 0. The van der Waals surface area contributed by atoms with Gasteiger partial charge in [-0.3, -0.25) is 19.3 Å². The summed E-state index contributed by atoms with van der Waals surface area (Å²) in [4.78, 5) is 48.1. The number of hydrogen-bond donors (Lipinski definition) is 0. The van der Waals surface area contributed by atoms with Crippen LogP contribution in [0.15, 0.2) is 78.9 Å². The summed E-state index contributed by atoms with van der Waals surface area (Å²) in [6.45, 7) is 5.55. The number of nitrogens with zero attached hydrogens (tertiary/aromatic N) is 4. The number of hydrogen-bond acceptors (Lipinski definition) is 5. The summed E-state index contributed by atoms with van der Waals surface area (Å²) in [5.41, 5.74) is 1.68. The smallest absolute Gasteiger partial charge is 0.261 e. The van der Waals surface area contributed by atoms with Gasteiger partial charge in [-0.25, -0.2) is 0 Å². The molecule has 3 heterocycles. The molecule has 2 saturated heterocycles. The molecule has 3 aromatic carbocycles. The lowest BCUT2D eigenvalue weighted by Crippen LogP contribution is -2.57. The van der Waals surface area contributed by atoms with Crippen molar-refractivity contribution < 1.29 is 14.4 Å². The zero-order valence-electron chi connectivity index (χ0n) is 21.7. The molecular weight excluding hydrogens is 476 g/mol. The first kappa shape index (κ1) is 24.4. The topological polar surface area (TPSA) is 64.2 Å². The Morgan fingerprint density at radius 1 is 0.816 bits per heavy atom. The molecule has 0 aromatic heterocycles. The Morgan fingerprint density at radius 2 is 1.47 bits per heavy atom.